The minimum absolute atomic E-state index is 0.882. The van der Waals surface area contributed by atoms with E-state index in [4.69, 9.17) is 0 Å². The first-order valence-electron chi connectivity index (χ1n) is 8.12. The number of hydrogen-bond donors (Lipinski definition) is 0. The summed E-state index contributed by atoms with van der Waals surface area (Å²) >= 11 is 0. The van der Waals surface area contributed by atoms with Crippen molar-refractivity contribution in [3.05, 3.63) is 11.1 Å². The van der Waals surface area contributed by atoms with Gasteiger partial charge in [-0.2, -0.15) is 0 Å². The van der Waals surface area contributed by atoms with Gasteiger partial charge in [0, 0.05) is 5.92 Å². The van der Waals surface area contributed by atoms with Gasteiger partial charge in [-0.15, -0.1) is 0 Å². The summed E-state index contributed by atoms with van der Waals surface area (Å²) in [6, 6.07) is 0. The van der Waals surface area contributed by atoms with Crippen LogP contribution in [0.5, 0.6) is 0 Å². The first kappa shape index (κ1) is 15.8. The second-order valence-electron chi connectivity index (χ2n) is 7.04. The predicted molar refractivity (Wildman–Crippen MR) is 82.7 cm³/mol. The highest BCUT2D eigenvalue weighted by Gasteiger charge is 2.29. The van der Waals surface area contributed by atoms with E-state index in [-0.39, 0.29) is 0 Å². The fourth-order valence-electron chi connectivity index (χ4n) is 3.23. The molecule has 0 bridgehead atoms. The molecule has 0 N–H and O–H groups in total. The van der Waals surface area contributed by atoms with Crippen molar-refractivity contribution in [1.29, 1.82) is 0 Å². The molecule has 1 aliphatic rings. The molecule has 0 spiro atoms. The van der Waals surface area contributed by atoms with Gasteiger partial charge in [0.1, 0.15) is 0 Å². The Bertz CT molecular complexity index is 262. The van der Waals surface area contributed by atoms with E-state index in [1.165, 1.54) is 38.5 Å². The van der Waals surface area contributed by atoms with E-state index in [2.05, 4.69) is 41.5 Å². The molecular formula is C18H34. The fraction of sp³-hybridized carbons (Fsp3) is 0.889. The molecule has 0 heteroatoms. The summed E-state index contributed by atoms with van der Waals surface area (Å²) in [5.41, 5.74) is 3.34. The molecule has 0 heterocycles. The van der Waals surface area contributed by atoms with E-state index < -0.39 is 0 Å². The minimum atomic E-state index is 0.882. The summed E-state index contributed by atoms with van der Waals surface area (Å²) in [6.07, 6.45) is 8.48. The first-order chi connectivity index (χ1) is 8.45. The standard InChI is InChI=1S/C18H34/c1-7-13(2)9-8-10-14(3)11-15(4)12-18-16(5)17(18)6/h13-15,18H,7-12H2,1-6H3. The van der Waals surface area contributed by atoms with E-state index in [0.717, 1.165) is 23.7 Å². The van der Waals surface area contributed by atoms with Crippen molar-refractivity contribution in [1.82, 2.24) is 0 Å². The maximum atomic E-state index is 2.45. The molecule has 0 aromatic carbocycles. The van der Waals surface area contributed by atoms with Crippen molar-refractivity contribution in [2.75, 3.05) is 0 Å². The summed E-state index contributed by atoms with van der Waals surface area (Å²) in [6.45, 7) is 14.2. The molecule has 0 amide bonds. The van der Waals surface area contributed by atoms with Gasteiger partial charge < -0.3 is 0 Å². The summed E-state index contributed by atoms with van der Waals surface area (Å²) < 4.78 is 0. The SMILES string of the molecule is CCC(C)CCCC(C)CC(C)CC1C(C)=C1C. The molecule has 0 aromatic rings. The smallest absolute Gasteiger partial charge is 0.000951 e. The van der Waals surface area contributed by atoms with E-state index in [1.807, 2.05) is 0 Å². The Hall–Kier alpha value is -0.260. The van der Waals surface area contributed by atoms with Crippen LogP contribution in [0.4, 0.5) is 0 Å². The summed E-state index contributed by atoms with van der Waals surface area (Å²) in [5.74, 6) is 3.63. The van der Waals surface area contributed by atoms with Crippen LogP contribution in [-0.4, -0.2) is 0 Å². The molecule has 1 rings (SSSR count). The normalized spacial score (nSPS) is 21.0. The molecule has 3 atom stereocenters. The average Bonchev–Trinajstić information content (AvgIpc) is 2.86. The molecule has 0 saturated heterocycles. The van der Waals surface area contributed by atoms with Crippen LogP contribution in [0.2, 0.25) is 0 Å². The van der Waals surface area contributed by atoms with Crippen molar-refractivity contribution in [2.24, 2.45) is 23.7 Å². The quantitative estimate of drug-likeness (QED) is 0.426. The minimum Gasteiger partial charge on any atom is -0.0666 e. The van der Waals surface area contributed by atoms with Gasteiger partial charge in [-0.25, -0.2) is 0 Å². The van der Waals surface area contributed by atoms with Crippen molar-refractivity contribution in [2.45, 2.75) is 80.1 Å². The van der Waals surface area contributed by atoms with Crippen LogP contribution >= 0.6 is 0 Å². The summed E-state index contributed by atoms with van der Waals surface area (Å²) in [4.78, 5) is 0. The maximum Gasteiger partial charge on any atom is 0.000951 e. The van der Waals surface area contributed by atoms with Crippen LogP contribution in [0, 0.1) is 23.7 Å². The third kappa shape index (κ3) is 5.16. The van der Waals surface area contributed by atoms with Gasteiger partial charge in [0.25, 0.3) is 0 Å². The van der Waals surface area contributed by atoms with Gasteiger partial charge in [-0.1, -0.05) is 64.5 Å². The molecule has 0 nitrogen and oxygen atoms in total. The van der Waals surface area contributed by atoms with Crippen molar-refractivity contribution >= 4 is 0 Å². The van der Waals surface area contributed by atoms with Gasteiger partial charge in [0.2, 0.25) is 0 Å². The van der Waals surface area contributed by atoms with Crippen LogP contribution < -0.4 is 0 Å². The maximum absolute atomic E-state index is 2.45. The van der Waals surface area contributed by atoms with E-state index in [1.54, 1.807) is 11.1 Å². The van der Waals surface area contributed by atoms with E-state index in [9.17, 15) is 0 Å². The molecule has 0 saturated carbocycles. The third-order valence-electron chi connectivity index (χ3n) is 5.12. The molecule has 106 valence electrons. The lowest BCUT2D eigenvalue weighted by Gasteiger charge is -2.18. The Morgan fingerprint density at radius 3 is 1.94 bits per heavy atom. The Morgan fingerprint density at radius 1 is 0.889 bits per heavy atom. The molecular weight excluding hydrogens is 216 g/mol. The van der Waals surface area contributed by atoms with Crippen LogP contribution in [-0.2, 0) is 0 Å². The number of rotatable bonds is 9. The summed E-state index contributed by atoms with van der Waals surface area (Å²) in [5, 5.41) is 0. The van der Waals surface area contributed by atoms with Gasteiger partial charge >= 0.3 is 0 Å². The fourth-order valence-corrected chi connectivity index (χ4v) is 3.23. The zero-order valence-electron chi connectivity index (χ0n) is 13.6. The predicted octanol–water partition coefficient (Wildman–Crippen LogP) is 6.22. The van der Waals surface area contributed by atoms with Crippen LogP contribution in [0.25, 0.3) is 0 Å². The van der Waals surface area contributed by atoms with E-state index in [0.29, 0.717) is 0 Å². The lowest BCUT2D eigenvalue weighted by Crippen LogP contribution is -2.06. The van der Waals surface area contributed by atoms with E-state index >= 15 is 0 Å². The highest BCUT2D eigenvalue weighted by molar-refractivity contribution is 5.37. The summed E-state index contributed by atoms with van der Waals surface area (Å²) in [7, 11) is 0. The Kier molecular flexibility index (Phi) is 6.46. The molecule has 0 radical (unpaired) electrons. The van der Waals surface area contributed by atoms with Crippen LogP contribution in [0.1, 0.15) is 80.1 Å². The lowest BCUT2D eigenvalue weighted by atomic mass is 9.88. The molecule has 0 aromatic heterocycles. The topological polar surface area (TPSA) is 0 Å². The molecule has 0 aliphatic heterocycles. The number of hydrogen-bond acceptors (Lipinski definition) is 0. The third-order valence-corrected chi connectivity index (χ3v) is 5.12. The average molecular weight is 250 g/mol. The second kappa shape index (κ2) is 7.36. The Balaban J connectivity index is 2.06. The lowest BCUT2D eigenvalue weighted by molar-refractivity contribution is 0.348. The monoisotopic (exact) mass is 250 g/mol. The molecule has 18 heavy (non-hydrogen) atoms. The van der Waals surface area contributed by atoms with Crippen molar-refractivity contribution < 1.29 is 0 Å². The van der Waals surface area contributed by atoms with Gasteiger partial charge in [0.15, 0.2) is 0 Å². The number of allylic oxidation sites excluding steroid dienone is 2. The highest BCUT2D eigenvalue weighted by Crippen LogP contribution is 2.43. The Labute approximate surface area is 115 Å². The molecule has 0 fully saturated rings. The zero-order chi connectivity index (χ0) is 13.7. The largest absolute Gasteiger partial charge is 0.0666 e. The van der Waals surface area contributed by atoms with Crippen LogP contribution in [0.3, 0.4) is 0 Å². The van der Waals surface area contributed by atoms with Crippen LogP contribution in [0.15, 0.2) is 11.1 Å². The zero-order valence-corrected chi connectivity index (χ0v) is 13.6. The highest BCUT2D eigenvalue weighted by atomic mass is 14.3. The van der Waals surface area contributed by atoms with Crippen molar-refractivity contribution in [3.63, 3.8) is 0 Å². The van der Waals surface area contributed by atoms with Crippen molar-refractivity contribution in [3.8, 4) is 0 Å². The van der Waals surface area contributed by atoms with Gasteiger partial charge in [-0.05, 0) is 44.4 Å². The van der Waals surface area contributed by atoms with Gasteiger partial charge in [-0.3, -0.25) is 0 Å². The second-order valence-corrected chi connectivity index (χ2v) is 7.04. The Morgan fingerprint density at radius 2 is 1.44 bits per heavy atom. The molecule has 1 aliphatic carbocycles. The van der Waals surface area contributed by atoms with Gasteiger partial charge in [0.05, 0.1) is 0 Å². The first-order valence-corrected chi connectivity index (χ1v) is 8.12. The molecule has 3 unspecified atom stereocenters.